The van der Waals surface area contributed by atoms with Gasteiger partial charge in [0.1, 0.15) is 0 Å². The summed E-state index contributed by atoms with van der Waals surface area (Å²) in [5, 5.41) is 9.03. The molecule has 2 aromatic rings. The van der Waals surface area contributed by atoms with Gasteiger partial charge in [0.05, 0.1) is 12.6 Å². The van der Waals surface area contributed by atoms with Crippen LogP contribution in [0.1, 0.15) is 24.1 Å². The Morgan fingerprint density at radius 1 is 1.00 bits per heavy atom. The summed E-state index contributed by atoms with van der Waals surface area (Å²) in [5.41, 5.74) is 2.56. The first-order valence-corrected chi connectivity index (χ1v) is 8.45. The summed E-state index contributed by atoms with van der Waals surface area (Å²) in [6, 6.07) is 21.6. The Hall–Kier alpha value is -1.59. The molecule has 1 heterocycles. The molecule has 26 heavy (non-hydrogen) atoms. The molecule has 0 aliphatic carbocycles. The van der Waals surface area contributed by atoms with Gasteiger partial charge in [-0.15, -0.1) is 24.8 Å². The van der Waals surface area contributed by atoms with Crippen molar-refractivity contribution in [2.24, 2.45) is 0 Å². The Morgan fingerprint density at radius 2 is 1.50 bits per heavy atom. The van der Waals surface area contributed by atoms with E-state index in [0.29, 0.717) is 6.04 Å². The molecule has 1 aliphatic heterocycles. The molecule has 0 spiro atoms. The van der Waals surface area contributed by atoms with E-state index in [1.165, 1.54) is 11.1 Å². The molecule has 0 amide bonds. The zero-order valence-corrected chi connectivity index (χ0v) is 16.5. The maximum absolute atomic E-state index is 11.0. The molecular weight excluding hydrogens is 371 g/mol. The molecule has 0 bridgehead atoms. The average Bonchev–Trinajstić information content (AvgIpc) is 2.58. The highest BCUT2D eigenvalue weighted by Crippen LogP contribution is 2.31. The number of carbonyl (C=O) groups is 1. The van der Waals surface area contributed by atoms with Gasteiger partial charge in [-0.3, -0.25) is 14.6 Å². The smallest absolute Gasteiger partial charge is 0.317 e. The molecule has 2 aromatic carbocycles. The van der Waals surface area contributed by atoms with Crippen LogP contribution in [-0.4, -0.2) is 53.1 Å². The molecule has 1 aliphatic rings. The van der Waals surface area contributed by atoms with Gasteiger partial charge in [-0.2, -0.15) is 0 Å². The first-order chi connectivity index (χ1) is 11.6. The van der Waals surface area contributed by atoms with Crippen molar-refractivity contribution in [3.8, 4) is 0 Å². The zero-order chi connectivity index (χ0) is 16.9. The Labute approximate surface area is 167 Å². The highest BCUT2D eigenvalue weighted by Gasteiger charge is 2.31. The fraction of sp³-hybridized carbons (Fsp3) is 0.350. The van der Waals surface area contributed by atoms with E-state index < -0.39 is 5.97 Å². The Balaban J connectivity index is 0.00000169. The summed E-state index contributed by atoms with van der Waals surface area (Å²) in [6.45, 7) is 4.74. The second kappa shape index (κ2) is 10.5. The van der Waals surface area contributed by atoms with Crippen molar-refractivity contribution in [3.63, 3.8) is 0 Å². The lowest BCUT2D eigenvalue weighted by Gasteiger charge is -2.44. The fourth-order valence-electron chi connectivity index (χ4n) is 3.61. The van der Waals surface area contributed by atoms with Gasteiger partial charge in [0.15, 0.2) is 0 Å². The largest absolute Gasteiger partial charge is 0.480 e. The first-order valence-electron chi connectivity index (χ1n) is 8.45. The number of rotatable bonds is 5. The summed E-state index contributed by atoms with van der Waals surface area (Å²) >= 11 is 0. The maximum Gasteiger partial charge on any atom is 0.317 e. The van der Waals surface area contributed by atoms with Crippen LogP contribution in [0.3, 0.4) is 0 Å². The molecule has 1 fully saturated rings. The SMILES string of the molecule is C[C@H]1CN(CC(=O)O)CCN1C(c1ccccc1)c1ccccc1.Cl.Cl. The van der Waals surface area contributed by atoms with Crippen molar-refractivity contribution in [3.05, 3.63) is 71.8 Å². The number of nitrogens with zero attached hydrogens (tertiary/aromatic N) is 2. The van der Waals surface area contributed by atoms with E-state index >= 15 is 0 Å². The zero-order valence-electron chi connectivity index (χ0n) is 14.8. The Kier molecular flexibility index (Phi) is 9.09. The van der Waals surface area contributed by atoms with Gasteiger partial charge in [0.25, 0.3) is 0 Å². The molecule has 1 saturated heterocycles. The molecule has 0 unspecified atom stereocenters. The number of benzene rings is 2. The van der Waals surface area contributed by atoms with Gasteiger partial charge < -0.3 is 5.11 Å². The number of carboxylic acids is 1. The molecule has 4 nitrogen and oxygen atoms in total. The molecule has 0 radical (unpaired) electrons. The van der Waals surface area contributed by atoms with Crippen LogP contribution in [0.15, 0.2) is 60.7 Å². The Morgan fingerprint density at radius 3 is 1.92 bits per heavy atom. The minimum Gasteiger partial charge on any atom is -0.480 e. The molecule has 6 heteroatoms. The summed E-state index contributed by atoms with van der Waals surface area (Å²) in [6.07, 6.45) is 0. The van der Waals surface area contributed by atoms with E-state index in [2.05, 4.69) is 60.4 Å². The summed E-state index contributed by atoms with van der Waals surface area (Å²) < 4.78 is 0. The van der Waals surface area contributed by atoms with E-state index in [9.17, 15) is 4.79 Å². The fourth-order valence-corrected chi connectivity index (χ4v) is 3.61. The van der Waals surface area contributed by atoms with Crippen molar-refractivity contribution >= 4 is 30.8 Å². The topological polar surface area (TPSA) is 43.8 Å². The van der Waals surface area contributed by atoms with Crippen LogP contribution in [0.2, 0.25) is 0 Å². The monoisotopic (exact) mass is 396 g/mol. The molecule has 0 saturated carbocycles. The van der Waals surface area contributed by atoms with Crippen LogP contribution < -0.4 is 0 Å². The van der Waals surface area contributed by atoms with Crippen molar-refractivity contribution in [1.29, 1.82) is 0 Å². The number of halogens is 2. The quantitative estimate of drug-likeness (QED) is 0.836. The predicted octanol–water partition coefficient (Wildman–Crippen LogP) is 3.71. The highest BCUT2D eigenvalue weighted by molar-refractivity contribution is 5.85. The number of carboxylic acid groups (broad SMARTS) is 1. The molecule has 3 rings (SSSR count). The van der Waals surface area contributed by atoms with Crippen LogP contribution in [0.25, 0.3) is 0 Å². The van der Waals surface area contributed by atoms with Crippen LogP contribution >= 0.6 is 24.8 Å². The summed E-state index contributed by atoms with van der Waals surface area (Å²) in [7, 11) is 0. The lowest BCUT2D eigenvalue weighted by atomic mass is 9.95. The van der Waals surface area contributed by atoms with Gasteiger partial charge in [-0.1, -0.05) is 60.7 Å². The van der Waals surface area contributed by atoms with Gasteiger partial charge in [-0.25, -0.2) is 0 Å². The first kappa shape index (κ1) is 22.5. The third kappa shape index (κ3) is 5.45. The number of hydrogen-bond donors (Lipinski definition) is 1. The molecule has 1 N–H and O–H groups in total. The molecular formula is C20H26Cl2N2O2. The van der Waals surface area contributed by atoms with Crippen molar-refractivity contribution in [2.75, 3.05) is 26.2 Å². The third-order valence-corrected chi connectivity index (χ3v) is 4.68. The van der Waals surface area contributed by atoms with E-state index in [-0.39, 0.29) is 37.4 Å². The normalized spacial score (nSPS) is 18.0. The predicted molar refractivity (Wildman–Crippen MR) is 109 cm³/mol. The van der Waals surface area contributed by atoms with E-state index in [1.807, 2.05) is 17.0 Å². The summed E-state index contributed by atoms with van der Waals surface area (Å²) in [5.74, 6) is -0.752. The second-order valence-corrected chi connectivity index (χ2v) is 6.44. The van der Waals surface area contributed by atoms with Crippen LogP contribution in [0.4, 0.5) is 0 Å². The molecule has 1 atom stereocenters. The van der Waals surface area contributed by atoms with Crippen molar-refractivity contribution < 1.29 is 9.90 Å². The van der Waals surface area contributed by atoms with Gasteiger partial charge in [0.2, 0.25) is 0 Å². The lowest BCUT2D eigenvalue weighted by molar-refractivity contribution is -0.139. The van der Waals surface area contributed by atoms with Crippen LogP contribution in [0, 0.1) is 0 Å². The van der Waals surface area contributed by atoms with Gasteiger partial charge >= 0.3 is 5.97 Å². The number of hydrogen-bond acceptors (Lipinski definition) is 3. The lowest BCUT2D eigenvalue weighted by Crippen LogP contribution is -2.54. The van der Waals surface area contributed by atoms with E-state index in [0.717, 1.165) is 19.6 Å². The minimum absolute atomic E-state index is 0. The van der Waals surface area contributed by atoms with Crippen molar-refractivity contribution in [1.82, 2.24) is 9.80 Å². The third-order valence-electron chi connectivity index (χ3n) is 4.68. The van der Waals surface area contributed by atoms with Crippen molar-refractivity contribution in [2.45, 2.75) is 19.0 Å². The highest BCUT2D eigenvalue weighted by atomic mass is 35.5. The van der Waals surface area contributed by atoms with Crippen LogP contribution in [0.5, 0.6) is 0 Å². The summed E-state index contributed by atoms with van der Waals surface area (Å²) in [4.78, 5) is 15.5. The standard InChI is InChI=1S/C20H24N2O2.2ClH/c1-16-14-21(15-19(23)24)12-13-22(16)20(17-8-4-2-5-9-17)18-10-6-3-7-11-18;;/h2-11,16,20H,12-15H2,1H3,(H,23,24);2*1H/t16-;;/m0../s1. The number of aliphatic carboxylic acids is 1. The van der Waals surface area contributed by atoms with E-state index in [1.54, 1.807) is 0 Å². The maximum atomic E-state index is 11.0. The second-order valence-electron chi connectivity index (χ2n) is 6.44. The van der Waals surface area contributed by atoms with Gasteiger partial charge in [-0.05, 0) is 18.1 Å². The van der Waals surface area contributed by atoms with Crippen LogP contribution in [-0.2, 0) is 4.79 Å². The van der Waals surface area contributed by atoms with E-state index in [4.69, 9.17) is 5.11 Å². The average molecular weight is 397 g/mol. The minimum atomic E-state index is -0.752. The Bertz CT molecular complexity index is 631. The molecule has 142 valence electrons. The molecule has 0 aromatic heterocycles. The number of piperazine rings is 1. The van der Waals surface area contributed by atoms with Gasteiger partial charge in [0, 0.05) is 25.7 Å².